The number of rotatable bonds is 51. The predicted molar refractivity (Wildman–Crippen MR) is 662 cm³/mol. The lowest BCUT2D eigenvalue weighted by Crippen LogP contribution is -2.48. The van der Waals surface area contributed by atoms with Crippen molar-refractivity contribution in [3.05, 3.63) is 347 Å². The van der Waals surface area contributed by atoms with Gasteiger partial charge in [0.1, 0.15) is 61.0 Å². The van der Waals surface area contributed by atoms with Crippen molar-refractivity contribution in [3.63, 3.8) is 0 Å². The number of benzene rings is 8. The predicted octanol–water partition coefficient (Wildman–Crippen LogP) is 38.2. The molecular weight excluding hydrogens is 1970 g/mol. The molecular formula is C130H186O8Si10. The highest BCUT2D eigenvalue weighted by molar-refractivity contribution is 6.84. The normalized spacial score (nSPS) is 22.3. The summed E-state index contributed by atoms with van der Waals surface area (Å²) < 4.78 is 62.9. The molecule has 148 heavy (non-hydrogen) atoms. The van der Waals surface area contributed by atoms with Gasteiger partial charge in [0.2, 0.25) is 0 Å². The zero-order valence-electron chi connectivity index (χ0n) is 96.9. The molecule has 0 saturated heterocycles. The smallest absolute Gasteiger partial charge is 0.194 e. The zero-order valence-corrected chi connectivity index (χ0v) is 107. The van der Waals surface area contributed by atoms with Gasteiger partial charge in [-0.1, -0.05) is 387 Å². The van der Waals surface area contributed by atoms with E-state index in [0.717, 1.165) is 234 Å². The van der Waals surface area contributed by atoms with Crippen LogP contribution in [-0.4, -0.2) is 82.7 Å². The summed E-state index contributed by atoms with van der Waals surface area (Å²) in [6.45, 7) is 70.0. The van der Waals surface area contributed by atoms with E-state index in [1.54, 1.807) is 0 Å². The highest BCUT2D eigenvalue weighted by atomic mass is 28.4. The quantitative estimate of drug-likeness (QED) is 0.0212. The van der Waals surface area contributed by atoms with E-state index >= 15 is 0 Å². The SMILES string of the molecule is CC[Si](CC)(CC)OC1(c2ccc(C#C[Si](C)(C)C)cc2)C=CC(O[Si](CC)(CC)CC)(c2ccc(-c3ccc(C4(O[Si](CC)(CC)CC)C=CC(O[Si](CC)(CC)CC)(c5ccc(-c6ccc(C7(O[Si](CC)(CC)CC)C=CC(O[Si](CC)(CC)CC)(c8ccc(-c9ccc(C%10(O[Si](CC)(CC)CC)C=CC(O[Si](CC)(CC)CC)(c%11ccc(C#C[Si](C)(C)C)cc%11)C=C%10)cc9)cc8)C=C7)cc6)cc5)C=C4)cc3)cc2)C=C1. The first-order valence-corrected chi connectivity index (χ1v) is 85.1. The van der Waals surface area contributed by atoms with Crippen LogP contribution in [0.2, 0.25) is 184 Å². The molecule has 794 valence electrons. The summed E-state index contributed by atoms with van der Waals surface area (Å²) >= 11 is 0. The largest absolute Gasteiger partial charge is 0.401 e. The highest BCUT2D eigenvalue weighted by Gasteiger charge is 2.53. The zero-order chi connectivity index (χ0) is 108. The van der Waals surface area contributed by atoms with Crippen LogP contribution in [0.1, 0.15) is 222 Å². The summed E-state index contributed by atoms with van der Waals surface area (Å²) in [6.07, 6.45) is 38.0. The summed E-state index contributed by atoms with van der Waals surface area (Å²) in [6, 6.07) is 98.1. The van der Waals surface area contributed by atoms with Crippen molar-refractivity contribution in [3.8, 4) is 56.3 Å². The van der Waals surface area contributed by atoms with Crippen molar-refractivity contribution in [2.45, 2.75) is 395 Å². The Morgan fingerprint density at radius 2 is 0.243 bits per heavy atom. The van der Waals surface area contributed by atoms with Gasteiger partial charge >= 0.3 is 0 Å². The highest BCUT2D eigenvalue weighted by Crippen LogP contribution is 2.54. The van der Waals surface area contributed by atoms with Gasteiger partial charge in [0.15, 0.2) is 66.5 Å². The molecule has 0 amide bonds. The molecule has 0 saturated carbocycles. The number of hydrogen-bond acceptors (Lipinski definition) is 8. The first-order valence-electron chi connectivity index (χ1n) is 57.8. The fourth-order valence-electron chi connectivity index (χ4n) is 23.3. The van der Waals surface area contributed by atoms with Crippen molar-refractivity contribution in [2.24, 2.45) is 0 Å². The molecule has 0 atom stereocenters. The van der Waals surface area contributed by atoms with Crippen molar-refractivity contribution < 1.29 is 35.4 Å². The van der Waals surface area contributed by atoms with E-state index < -0.39 is 127 Å². The minimum atomic E-state index is -2.30. The number of hydrogen-bond donors (Lipinski definition) is 0. The van der Waals surface area contributed by atoms with Crippen molar-refractivity contribution in [1.82, 2.24) is 0 Å². The van der Waals surface area contributed by atoms with E-state index in [-0.39, 0.29) is 0 Å². The average Bonchev–Trinajstić information content (AvgIpc) is 0.677. The van der Waals surface area contributed by atoms with Crippen molar-refractivity contribution in [1.29, 1.82) is 0 Å². The maximum Gasteiger partial charge on any atom is 0.194 e. The fraction of sp³-hybridized carbons (Fsp3) is 0.477. The first kappa shape index (κ1) is 119. The second-order valence-electron chi connectivity index (χ2n) is 45.4. The Bertz CT molecular complexity index is 5550. The molecule has 8 aromatic carbocycles. The third-order valence-corrected chi connectivity index (χ3v) is 74.9. The Morgan fingerprint density at radius 3 is 0.331 bits per heavy atom. The molecule has 8 aromatic rings. The molecule has 18 heteroatoms. The van der Waals surface area contributed by atoms with Gasteiger partial charge in [-0.05, 0) is 344 Å². The molecule has 0 aliphatic heterocycles. The van der Waals surface area contributed by atoms with Crippen LogP contribution in [0.25, 0.3) is 33.4 Å². The van der Waals surface area contributed by atoms with Crippen LogP contribution in [0.3, 0.4) is 0 Å². The van der Waals surface area contributed by atoms with Crippen LogP contribution in [0.5, 0.6) is 0 Å². The van der Waals surface area contributed by atoms with Gasteiger partial charge in [0.25, 0.3) is 0 Å². The second-order valence-corrected chi connectivity index (χ2v) is 92.4. The molecule has 0 fully saturated rings. The summed E-state index contributed by atoms with van der Waals surface area (Å²) in [4.78, 5) is 0. The lowest BCUT2D eigenvalue weighted by atomic mass is 9.80. The molecule has 4 aliphatic carbocycles. The van der Waals surface area contributed by atoms with E-state index in [0.29, 0.717) is 0 Å². The molecule has 0 radical (unpaired) electrons. The molecule has 0 unspecified atom stereocenters. The fourth-order valence-corrected chi connectivity index (χ4v) is 47.5. The minimum absolute atomic E-state index is 0.747. The molecule has 8 nitrogen and oxygen atoms in total. The van der Waals surface area contributed by atoms with Gasteiger partial charge in [-0.25, -0.2) is 0 Å². The Balaban J connectivity index is 0.856. The van der Waals surface area contributed by atoms with Gasteiger partial charge in [0, 0.05) is 11.1 Å². The minimum Gasteiger partial charge on any atom is -0.401 e. The average molecular weight is 2160 g/mol. The van der Waals surface area contributed by atoms with Crippen LogP contribution >= 0.6 is 0 Å². The second kappa shape index (κ2) is 49.6. The first-order chi connectivity index (χ1) is 70.7. The Labute approximate surface area is 909 Å². The standard InChI is InChI=1S/C130H186O8Si10/c1-31-141(32-2,33-3)131-123(115-71-55-107(56-72-115)87-105-139(25,26)27)89-93-125(94-90-123,133-143(37-7,38-8)39-9)117-75-59-109(60-76-117)111-63-79-119(80-64-111)127(135-145(43-13,44-14)45-15)97-101-129(102-98-127,137-147(49-19,50-20)51-21)121-83-67-113(68-84-121)114-69-85-122(86-70-114)130(138-148(52-22,53-23)54-24)103-99-128(100-104-130,136-146(46-16,47-17)48-18)120-81-65-112(66-82-120)110-61-77-118(78-62-110)126(134-144(40-10,41-11)42-12)95-91-124(92-96-126,132-142(34-4,35-5)36-6)116-73-57-108(58-74-116)88-106-140(28,29)30/h55-86,89-104H,31-54H2,1-30H3. The maximum absolute atomic E-state index is 7.97. The van der Waals surface area contributed by atoms with Crippen LogP contribution in [0.15, 0.2) is 291 Å². The van der Waals surface area contributed by atoms with E-state index in [1.807, 2.05) is 0 Å². The van der Waals surface area contributed by atoms with Gasteiger partial charge in [0.05, 0.1) is 0 Å². The monoisotopic (exact) mass is 2160 g/mol. The molecule has 4 aliphatic rings. The Kier molecular flexibility index (Phi) is 40.0. The lowest BCUT2D eigenvalue weighted by Gasteiger charge is -2.46. The van der Waals surface area contributed by atoms with Crippen LogP contribution in [0, 0.1) is 22.9 Å². The Morgan fingerprint density at radius 1 is 0.149 bits per heavy atom. The van der Waals surface area contributed by atoms with Gasteiger partial charge in [-0.2, -0.15) is 0 Å². The topological polar surface area (TPSA) is 73.8 Å². The van der Waals surface area contributed by atoms with Crippen molar-refractivity contribution >= 4 is 82.7 Å². The molecule has 0 spiro atoms. The van der Waals surface area contributed by atoms with Gasteiger partial charge in [-0.15, -0.1) is 11.1 Å². The van der Waals surface area contributed by atoms with Crippen LogP contribution in [-0.2, 0) is 80.2 Å². The van der Waals surface area contributed by atoms with Gasteiger partial charge in [-0.3, -0.25) is 0 Å². The molecule has 0 N–H and O–H groups in total. The van der Waals surface area contributed by atoms with E-state index in [2.05, 4.69) is 520 Å². The maximum atomic E-state index is 7.97. The summed E-state index contributed by atoms with van der Waals surface area (Å²) in [5.41, 5.74) is 18.8. The molecule has 12 rings (SSSR count). The van der Waals surface area contributed by atoms with Crippen LogP contribution in [0.4, 0.5) is 0 Å². The lowest BCUT2D eigenvalue weighted by molar-refractivity contribution is 0.121. The summed E-state index contributed by atoms with van der Waals surface area (Å²) in [5, 5.41) is 0. The van der Waals surface area contributed by atoms with E-state index in [1.165, 1.54) is 0 Å². The summed E-state index contributed by atoms with van der Waals surface area (Å²) in [5.74, 6) is 7.01. The van der Waals surface area contributed by atoms with E-state index in [9.17, 15) is 0 Å². The Hall–Kier alpha value is -7.35. The van der Waals surface area contributed by atoms with E-state index in [4.69, 9.17) is 35.4 Å². The molecule has 0 aromatic heterocycles. The third-order valence-electron chi connectivity index (χ3n) is 36.0. The third kappa shape index (κ3) is 25.6. The molecule has 0 bridgehead atoms. The van der Waals surface area contributed by atoms with Crippen LogP contribution < -0.4 is 0 Å². The molecule has 0 heterocycles. The van der Waals surface area contributed by atoms with Crippen molar-refractivity contribution in [2.75, 3.05) is 0 Å². The summed E-state index contributed by atoms with van der Waals surface area (Å²) in [7, 11) is -21.1. The van der Waals surface area contributed by atoms with Gasteiger partial charge < -0.3 is 35.4 Å².